The van der Waals surface area contributed by atoms with Crippen molar-refractivity contribution in [3.63, 3.8) is 0 Å². The Morgan fingerprint density at radius 2 is 1.70 bits per heavy atom. The minimum absolute atomic E-state index is 0.440. The molecule has 0 spiro atoms. The molecule has 0 saturated carbocycles. The number of hydrogen-bond acceptors (Lipinski definition) is 3. The van der Waals surface area contributed by atoms with Crippen LogP contribution in [0.15, 0.2) is 17.0 Å². The third-order valence-corrected chi connectivity index (χ3v) is 5.66. The summed E-state index contributed by atoms with van der Waals surface area (Å²) in [5, 5.41) is 3.05. The summed E-state index contributed by atoms with van der Waals surface area (Å²) in [6.45, 7) is 6.38. The van der Waals surface area contributed by atoms with Gasteiger partial charge in [0.05, 0.1) is 4.90 Å². The van der Waals surface area contributed by atoms with E-state index < -0.39 is 10.0 Å². The monoisotopic (exact) mass is 298 g/mol. The molecule has 1 aromatic carbocycles. The molecule has 0 radical (unpaired) electrons. The van der Waals surface area contributed by atoms with Crippen molar-refractivity contribution in [3.8, 4) is 0 Å². The molecule has 0 aliphatic carbocycles. The van der Waals surface area contributed by atoms with Crippen LogP contribution in [0.25, 0.3) is 0 Å². The topological polar surface area (TPSA) is 49.4 Å². The highest BCUT2D eigenvalue weighted by atomic mass is 32.2. The lowest BCUT2D eigenvalue weighted by Crippen LogP contribution is -2.29. The molecular formula is C15H26N2O2S. The summed E-state index contributed by atoms with van der Waals surface area (Å²) in [4.78, 5) is 0.440. The molecule has 0 aromatic heterocycles. The van der Waals surface area contributed by atoms with Gasteiger partial charge >= 0.3 is 0 Å². The van der Waals surface area contributed by atoms with Gasteiger partial charge in [-0.25, -0.2) is 12.7 Å². The standard InChI is InChI=1S/C15H26N2O2S/c1-6-7-8-9-17(5)20(18,19)15-12(2)10-14(16-4)11-13(15)3/h10-11,16H,6-9H2,1-5H3. The SMILES string of the molecule is CCCCCN(C)S(=O)(=O)c1c(C)cc(NC)cc1C. The quantitative estimate of drug-likeness (QED) is 0.787. The van der Waals surface area contributed by atoms with E-state index in [1.165, 1.54) is 4.31 Å². The number of unbranched alkanes of at least 4 members (excludes halogenated alkanes) is 2. The molecular weight excluding hydrogens is 272 g/mol. The molecule has 20 heavy (non-hydrogen) atoms. The summed E-state index contributed by atoms with van der Waals surface area (Å²) in [6, 6.07) is 3.75. The molecule has 4 nitrogen and oxygen atoms in total. The predicted molar refractivity (Wildman–Crippen MR) is 84.8 cm³/mol. The fraction of sp³-hybridized carbons (Fsp3) is 0.600. The molecule has 5 heteroatoms. The van der Waals surface area contributed by atoms with Crippen LogP contribution in [0.4, 0.5) is 5.69 Å². The Labute approximate surface area is 123 Å². The Hall–Kier alpha value is -1.07. The van der Waals surface area contributed by atoms with E-state index in [1.54, 1.807) is 7.05 Å². The molecule has 0 unspecified atom stereocenters. The smallest absolute Gasteiger partial charge is 0.243 e. The van der Waals surface area contributed by atoms with E-state index in [0.29, 0.717) is 11.4 Å². The van der Waals surface area contributed by atoms with Crippen molar-refractivity contribution in [2.45, 2.75) is 44.9 Å². The van der Waals surface area contributed by atoms with Gasteiger partial charge in [0, 0.05) is 26.3 Å². The van der Waals surface area contributed by atoms with Gasteiger partial charge in [0.2, 0.25) is 10.0 Å². The van der Waals surface area contributed by atoms with Gasteiger partial charge in [0.15, 0.2) is 0 Å². The van der Waals surface area contributed by atoms with Crippen molar-refractivity contribution in [2.75, 3.05) is 26.0 Å². The Balaban J connectivity index is 3.09. The molecule has 0 fully saturated rings. The zero-order chi connectivity index (χ0) is 15.3. The molecule has 114 valence electrons. The second kappa shape index (κ2) is 7.09. The van der Waals surface area contributed by atoms with E-state index in [0.717, 1.165) is 36.1 Å². The maximum absolute atomic E-state index is 12.7. The van der Waals surface area contributed by atoms with Gasteiger partial charge in [-0.15, -0.1) is 0 Å². The van der Waals surface area contributed by atoms with Gasteiger partial charge in [-0.2, -0.15) is 0 Å². The summed E-state index contributed by atoms with van der Waals surface area (Å²) in [5.74, 6) is 0. The van der Waals surface area contributed by atoms with E-state index in [9.17, 15) is 8.42 Å². The highest BCUT2D eigenvalue weighted by Crippen LogP contribution is 2.26. The summed E-state index contributed by atoms with van der Waals surface area (Å²) in [7, 11) is 0.0949. The molecule has 0 bridgehead atoms. The van der Waals surface area contributed by atoms with Gasteiger partial charge in [-0.3, -0.25) is 0 Å². The highest BCUT2D eigenvalue weighted by molar-refractivity contribution is 7.89. The van der Waals surface area contributed by atoms with Crippen molar-refractivity contribution < 1.29 is 8.42 Å². The average Bonchev–Trinajstić information content (AvgIpc) is 2.37. The first-order chi connectivity index (χ1) is 9.34. The molecule has 0 aliphatic heterocycles. The van der Waals surface area contributed by atoms with E-state index in [1.807, 2.05) is 33.0 Å². The third kappa shape index (κ3) is 3.73. The molecule has 0 saturated heterocycles. The van der Waals surface area contributed by atoms with Crippen molar-refractivity contribution >= 4 is 15.7 Å². The zero-order valence-corrected chi connectivity index (χ0v) is 14.0. The summed E-state index contributed by atoms with van der Waals surface area (Å²) < 4.78 is 26.8. The Bertz CT molecular complexity index is 530. The number of nitrogens with zero attached hydrogens (tertiary/aromatic N) is 1. The van der Waals surface area contributed by atoms with Gasteiger partial charge in [-0.1, -0.05) is 19.8 Å². The van der Waals surface area contributed by atoms with Crippen LogP contribution >= 0.6 is 0 Å². The first kappa shape index (κ1) is 17.0. The van der Waals surface area contributed by atoms with Crippen molar-refractivity contribution in [1.82, 2.24) is 4.31 Å². The van der Waals surface area contributed by atoms with Gasteiger partial charge in [0.25, 0.3) is 0 Å². The van der Waals surface area contributed by atoms with Crippen molar-refractivity contribution in [1.29, 1.82) is 0 Å². The second-order valence-electron chi connectivity index (χ2n) is 5.22. The minimum atomic E-state index is -3.40. The zero-order valence-electron chi connectivity index (χ0n) is 13.2. The fourth-order valence-electron chi connectivity index (χ4n) is 2.36. The highest BCUT2D eigenvalue weighted by Gasteiger charge is 2.24. The van der Waals surface area contributed by atoms with Crippen LogP contribution in [0.1, 0.15) is 37.3 Å². The second-order valence-corrected chi connectivity index (χ2v) is 7.20. The number of hydrogen-bond donors (Lipinski definition) is 1. The first-order valence-electron chi connectivity index (χ1n) is 7.10. The number of nitrogens with one attached hydrogen (secondary N) is 1. The largest absolute Gasteiger partial charge is 0.388 e. The van der Waals surface area contributed by atoms with Crippen LogP contribution in [-0.4, -0.2) is 33.4 Å². The van der Waals surface area contributed by atoms with Crippen molar-refractivity contribution in [2.24, 2.45) is 0 Å². The molecule has 1 N–H and O–H groups in total. The van der Waals surface area contributed by atoms with Crippen LogP contribution in [0, 0.1) is 13.8 Å². The molecule has 0 atom stereocenters. The Kier molecular flexibility index (Phi) is 6.02. The van der Waals surface area contributed by atoms with Crippen LogP contribution in [0.2, 0.25) is 0 Å². The summed E-state index contributed by atoms with van der Waals surface area (Å²) >= 11 is 0. The van der Waals surface area contributed by atoms with Gasteiger partial charge in [-0.05, 0) is 43.5 Å². The van der Waals surface area contributed by atoms with Gasteiger partial charge in [0.1, 0.15) is 0 Å². The minimum Gasteiger partial charge on any atom is -0.388 e. The predicted octanol–water partition coefficient (Wildman–Crippen LogP) is 3.16. The number of aryl methyl sites for hydroxylation is 2. The molecule has 1 aromatic rings. The lowest BCUT2D eigenvalue weighted by molar-refractivity contribution is 0.453. The van der Waals surface area contributed by atoms with Crippen LogP contribution in [0.3, 0.4) is 0 Å². The van der Waals surface area contributed by atoms with Crippen LogP contribution in [-0.2, 0) is 10.0 Å². The van der Waals surface area contributed by atoms with E-state index in [-0.39, 0.29) is 0 Å². The maximum atomic E-state index is 12.7. The summed E-state index contributed by atoms with van der Waals surface area (Å²) in [5.41, 5.74) is 2.51. The third-order valence-electron chi connectivity index (χ3n) is 3.49. The molecule has 1 rings (SSSR count). The lowest BCUT2D eigenvalue weighted by atomic mass is 10.1. The van der Waals surface area contributed by atoms with E-state index >= 15 is 0 Å². The van der Waals surface area contributed by atoms with E-state index in [4.69, 9.17) is 0 Å². The number of sulfonamides is 1. The molecule has 0 amide bonds. The summed E-state index contributed by atoms with van der Waals surface area (Å²) in [6.07, 6.45) is 3.04. The number of anilines is 1. The average molecular weight is 298 g/mol. The van der Waals surface area contributed by atoms with Crippen LogP contribution < -0.4 is 5.32 Å². The Morgan fingerprint density at radius 1 is 1.15 bits per heavy atom. The molecule has 0 heterocycles. The maximum Gasteiger partial charge on any atom is 0.243 e. The van der Waals surface area contributed by atoms with Crippen molar-refractivity contribution in [3.05, 3.63) is 23.3 Å². The first-order valence-corrected chi connectivity index (χ1v) is 8.54. The van der Waals surface area contributed by atoms with Gasteiger partial charge < -0.3 is 5.32 Å². The van der Waals surface area contributed by atoms with E-state index in [2.05, 4.69) is 12.2 Å². The lowest BCUT2D eigenvalue weighted by Gasteiger charge is -2.20. The fourth-order valence-corrected chi connectivity index (χ4v) is 3.97. The normalized spacial score (nSPS) is 11.9. The van der Waals surface area contributed by atoms with Crippen LogP contribution in [0.5, 0.6) is 0 Å². The number of rotatable bonds is 7. The number of benzene rings is 1. The Morgan fingerprint density at radius 3 is 2.15 bits per heavy atom. The molecule has 0 aliphatic rings.